The zero-order chi connectivity index (χ0) is 7.98. The van der Waals surface area contributed by atoms with Gasteiger partial charge in [-0.1, -0.05) is 12.7 Å². The van der Waals surface area contributed by atoms with E-state index in [2.05, 4.69) is 11.3 Å². The second-order valence-corrected chi connectivity index (χ2v) is 1.57. The van der Waals surface area contributed by atoms with Crippen LogP contribution in [0.4, 0.5) is 4.39 Å². The van der Waals surface area contributed by atoms with E-state index in [4.69, 9.17) is 5.11 Å². The molecule has 0 aliphatic rings. The highest BCUT2D eigenvalue weighted by Gasteiger charge is 2.16. The number of carbonyl (C=O) groups excluding carboxylic acids is 1. The molecule has 10 heavy (non-hydrogen) atoms. The highest BCUT2D eigenvalue weighted by molar-refractivity contribution is 5.74. The Kier molecular flexibility index (Phi) is 4.49. The van der Waals surface area contributed by atoms with E-state index in [1.54, 1.807) is 0 Å². The van der Waals surface area contributed by atoms with Gasteiger partial charge < -0.3 is 9.84 Å². The SMILES string of the molecule is C=CCOC(=O)C(F)CO. The van der Waals surface area contributed by atoms with Crippen molar-refractivity contribution >= 4 is 5.97 Å². The first kappa shape index (κ1) is 9.10. The molecule has 3 nitrogen and oxygen atoms in total. The summed E-state index contributed by atoms with van der Waals surface area (Å²) in [4.78, 5) is 10.3. The highest BCUT2D eigenvalue weighted by Crippen LogP contribution is 1.92. The fraction of sp³-hybridized carbons (Fsp3) is 0.500. The molecular weight excluding hydrogens is 139 g/mol. The molecule has 0 aliphatic carbocycles. The zero-order valence-corrected chi connectivity index (χ0v) is 5.42. The Hall–Kier alpha value is -0.900. The average Bonchev–Trinajstić information content (AvgIpc) is 1.98. The second kappa shape index (κ2) is 4.93. The lowest BCUT2D eigenvalue weighted by Crippen LogP contribution is -2.22. The number of halogens is 1. The summed E-state index contributed by atoms with van der Waals surface area (Å²) in [5, 5.41) is 8.10. The summed E-state index contributed by atoms with van der Waals surface area (Å²) in [5.74, 6) is -1.05. The second-order valence-electron chi connectivity index (χ2n) is 1.57. The fourth-order valence-corrected chi connectivity index (χ4v) is 0.306. The number of hydrogen-bond donors (Lipinski definition) is 1. The molecule has 4 heteroatoms. The molecule has 0 spiro atoms. The van der Waals surface area contributed by atoms with Crippen molar-refractivity contribution in [3.05, 3.63) is 12.7 Å². The number of aliphatic hydroxyl groups excluding tert-OH is 1. The Labute approximate surface area is 58.1 Å². The molecule has 0 amide bonds. The van der Waals surface area contributed by atoms with Crippen molar-refractivity contribution in [3.8, 4) is 0 Å². The standard InChI is InChI=1S/C6H9FO3/c1-2-3-10-6(9)5(7)4-8/h2,5,8H,1,3-4H2. The number of hydrogen-bond acceptors (Lipinski definition) is 3. The number of rotatable bonds is 4. The first-order valence-corrected chi connectivity index (χ1v) is 2.74. The van der Waals surface area contributed by atoms with Crippen molar-refractivity contribution in [2.75, 3.05) is 13.2 Å². The molecule has 0 aliphatic heterocycles. The molecule has 58 valence electrons. The van der Waals surface area contributed by atoms with Crippen LogP contribution >= 0.6 is 0 Å². The molecule has 1 N–H and O–H groups in total. The van der Waals surface area contributed by atoms with Gasteiger partial charge in [0.1, 0.15) is 6.61 Å². The van der Waals surface area contributed by atoms with E-state index in [-0.39, 0.29) is 6.61 Å². The van der Waals surface area contributed by atoms with Crippen molar-refractivity contribution in [1.82, 2.24) is 0 Å². The molecule has 0 saturated carbocycles. The third-order valence-corrected chi connectivity index (χ3v) is 0.759. The highest BCUT2D eigenvalue weighted by atomic mass is 19.1. The Bertz CT molecular complexity index is 124. The quantitative estimate of drug-likeness (QED) is 0.452. The van der Waals surface area contributed by atoms with Gasteiger partial charge in [-0.25, -0.2) is 9.18 Å². The first-order valence-electron chi connectivity index (χ1n) is 2.74. The van der Waals surface area contributed by atoms with Crippen molar-refractivity contribution in [2.24, 2.45) is 0 Å². The third-order valence-electron chi connectivity index (χ3n) is 0.759. The minimum atomic E-state index is -1.93. The van der Waals surface area contributed by atoms with Crippen LogP contribution in [0.1, 0.15) is 0 Å². The van der Waals surface area contributed by atoms with E-state index in [0.717, 1.165) is 0 Å². The van der Waals surface area contributed by atoms with Crippen LogP contribution in [0.2, 0.25) is 0 Å². The summed E-state index contributed by atoms with van der Waals surface area (Å²) in [6.07, 6.45) is -0.609. The molecule has 0 radical (unpaired) electrons. The van der Waals surface area contributed by atoms with Gasteiger partial charge in [0, 0.05) is 0 Å². The minimum absolute atomic E-state index is 0.0285. The van der Waals surface area contributed by atoms with Crippen LogP contribution in [-0.2, 0) is 9.53 Å². The molecular formula is C6H9FO3. The van der Waals surface area contributed by atoms with Gasteiger partial charge in [-0.3, -0.25) is 0 Å². The minimum Gasteiger partial charge on any atom is -0.459 e. The first-order chi connectivity index (χ1) is 4.72. The van der Waals surface area contributed by atoms with Gasteiger partial charge in [-0.05, 0) is 0 Å². The van der Waals surface area contributed by atoms with E-state index < -0.39 is 18.7 Å². The number of alkyl halides is 1. The molecule has 0 saturated heterocycles. The Morgan fingerprint density at radius 2 is 2.50 bits per heavy atom. The van der Waals surface area contributed by atoms with E-state index in [0.29, 0.717) is 0 Å². The van der Waals surface area contributed by atoms with Crippen molar-refractivity contribution in [1.29, 1.82) is 0 Å². The van der Waals surface area contributed by atoms with Gasteiger partial charge in [-0.15, -0.1) is 0 Å². The topological polar surface area (TPSA) is 46.5 Å². The van der Waals surface area contributed by atoms with E-state index >= 15 is 0 Å². The smallest absolute Gasteiger partial charge is 0.343 e. The molecule has 0 aromatic rings. The predicted octanol–water partition coefficient (Wildman–Crippen LogP) is 0.0460. The normalized spacial score (nSPS) is 12.2. The maximum absolute atomic E-state index is 12.1. The number of carbonyl (C=O) groups is 1. The Morgan fingerprint density at radius 1 is 1.90 bits per heavy atom. The van der Waals surface area contributed by atoms with Crippen LogP contribution in [0.3, 0.4) is 0 Å². The van der Waals surface area contributed by atoms with Gasteiger partial charge >= 0.3 is 5.97 Å². The monoisotopic (exact) mass is 148 g/mol. The number of ether oxygens (including phenoxy) is 1. The molecule has 0 aromatic heterocycles. The lowest BCUT2D eigenvalue weighted by molar-refractivity contribution is -0.149. The van der Waals surface area contributed by atoms with E-state index in [9.17, 15) is 9.18 Å². The summed E-state index contributed by atoms with van der Waals surface area (Å²) in [7, 11) is 0. The van der Waals surface area contributed by atoms with Crippen LogP contribution in [0.25, 0.3) is 0 Å². The molecule has 0 rings (SSSR count). The summed E-state index contributed by atoms with van der Waals surface area (Å²) in [6.45, 7) is 2.39. The van der Waals surface area contributed by atoms with Gasteiger partial charge in [0.05, 0.1) is 6.61 Å². The lowest BCUT2D eigenvalue weighted by atomic mass is 10.4. The maximum Gasteiger partial charge on any atom is 0.343 e. The summed E-state index contributed by atoms with van der Waals surface area (Å²) in [6, 6.07) is 0. The molecule has 1 atom stereocenters. The maximum atomic E-state index is 12.1. The summed E-state index contributed by atoms with van der Waals surface area (Å²) in [5.41, 5.74) is 0. The van der Waals surface area contributed by atoms with Gasteiger partial charge in [0.2, 0.25) is 6.17 Å². The van der Waals surface area contributed by atoms with Gasteiger partial charge in [0.15, 0.2) is 0 Å². The average molecular weight is 148 g/mol. The number of esters is 1. The zero-order valence-electron chi connectivity index (χ0n) is 5.42. The van der Waals surface area contributed by atoms with Crippen molar-refractivity contribution in [2.45, 2.75) is 6.17 Å². The van der Waals surface area contributed by atoms with Gasteiger partial charge in [0.25, 0.3) is 0 Å². The van der Waals surface area contributed by atoms with Gasteiger partial charge in [-0.2, -0.15) is 0 Å². The van der Waals surface area contributed by atoms with E-state index in [1.165, 1.54) is 6.08 Å². The van der Waals surface area contributed by atoms with Crippen LogP contribution in [-0.4, -0.2) is 30.5 Å². The van der Waals surface area contributed by atoms with Crippen molar-refractivity contribution < 1.29 is 19.0 Å². The predicted molar refractivity (Wildman–Crippen MR) is 33.1 cm³/mol. The molecule has 0 fully saturated rings. The fourth-order valence-electron chi connectivity index (χ4n) is 0.306. The number of aliphatic hydroxyl groups is 1. The molecule has 0 heterocycles. The molecule has 0 aromatic carbocycles. The van der Waals surface area contributed by atoms with E-state index in [1.807, 2.05) is 0 Å². The summed E-state index contributed by atoms with van der Waals surface area (Å²) < 4.78 is 16.3. The molecule has 0 bridgehead atoms. The summed E-state index contributed by atoms with van der Waals surface area (Å²) >= 11 is 0. The third kappa shape index (κ3) is 3.19. The largest absolute Gasteiger partial charge is 0.459 e. The van der Waals surface area contributed by atoms with Crippen LogP contribution in [0, 0.1) is 0 Å². The molecule has 1 unspecified atom stereocenters. The van der Waals surface area contributed by atoms with Crippen LogP contribution in [0.15, 0.2) is 12.7 Å². The Balaban J connectivity index is 3.51. The van der Waals surface area contributed by atoms with Crippen LogP contribution < -0.4 is 0 Å². The van der Waals surface area contributed by atoms with Crippen molar-refractivity contribution in [3.63, 3.8) is 0 Å². The lowest BCUT2D eigenvalue weighted by Gasteiger charge is -2.02. The Morgan fingerprint density at radius 3 is 2.90 bits per heavy atom. The van der Waals surface area contributed by atoms with Crippen LogP contribution in [0.5, 0.6) is 0 Å².